The van der Waals surface area contributed by atoms with Gasteiger partial charge < -0.3 is 10.6 Å². The van der Waals surface area contributed by atoms with Gasteiger partial charge in [-0.3, -0.25) is 4.79 Å². The van der Waals surface area contributed by atoms with Crippen molar-refractivity contribution in [1.29, 1.82) is 0 Å². The van der Waals surface area contributed by atoms with Crippen molar-refractivity contribution in [1.82, 2.24) is 10.6 Å². The molecule has 110 valence electrons. The van der Waals surface area contributed by atoms with E-state index in [1.54, 1.807) is 0 Å². The summed E-state index contributed by atoms with van der Waals surface area (Å²) in [6, 6.07) is 8.99. The predicted octanol–water partition coefficient (Wildman–Crippen LogP) is 2.61. The first-order valence-electron chi connectivity index (χ1n) is 7.78. The molecule has 1 aromatic carbocycles. The van der Waals surface area contributed by atoms with Gasteiger partial charge in [-0.05, 0) is 49.4 Å². The van der Waals surface area contributed by atoms with E-state index in [4.69, 9.17) is 0 Å². The maximum atomic E-state index is 12.1. The number of rotatable bonds is 5. The van der Waals surface area contributed by atoms with Crippen molar-refractivity contribution in [3.05, 3.63) is 35.4 Å². The minimum Gasteiger partial charge on any atom is -0.353 e. The molecule has 1 heterocycles. The largest absolute Gasteiger partial charge is 0.353 e. The summed E-state index contributed by atoms with van der Waals surface area (Å²) in [7, 11) is 0. The molecular formula is C17H26N2O. The van der Waals surface area contributed by atoms with Crippen molar-refractivity contribution >= 4 is 5.91 Å². The van der Waals surface area contributed by atoms with Crippen LogP contribution < -0.4 is 10.6 Å². The van der Waals surface area contributed by atoms with E-state index in [1.165, 1.54) is 11.1 Å². The molecule has 3 nitrogen and oxygen atoms in total. The van der Waals surface area contributed by atoms with Gasteiger partial charge in [0, 0.05) is 12.5 Å². The average Bonchev–Trinajstić information content (AvgIpc) is 2.48. The van der Waals surface area contributed by atoms with Crippen molar-refractivity contribution in [3.8, 4) is 0 Å². The summed E-state index contributed by atoms with van der Waals surface area (Å²) in [6.07, 6.45) is 3.73. The molecule has 0 saturated carbocycles. The highest BCUT2D eigenvalue weighted by molar-refractivity contribution is 5.77. The lowest BCUT2D eigenvalue weighted by atomic mass is 9.95. The van der Waals surface area contributed by atoms with Crippen LogP contribution in [-0.2, 0) is 11.2 Å². The molecule has 3 heteroatoms. The first-order chi connectivity index (χ1) is 9.69. The fourth-order valence-corrected chi connectivity index (χ4v) is 2.73. The highest BCUT2D eigenvalue weighted by Gasteiger charge is 2.17. The fraction of sp³-hybridized carbons (Fsp3) is 0.588. The second kappa shape index (κ2) is 7.44. The third-order valence-corrected chi connectivity index (χ3v) is 4.15. The Hall–Kier alpha value is -1.35. The van der Waals surface area contributed by atoms with E-state index in [-0.39, 0.29) is 11.8 Å². The van der Waals surface area contributed by atoms with Crippen LogP contribution in [0.5, 0.6) is 0 Å². The smallest absolute Gasteiger partial charge is 0.220 e. The second-order valence-electron chi connectivity index (χ2n) is 5.79. The number of aryl methyl sites for hydroxylation is 1. The zero-order chi connectivity index (χ0) is 14.4. The van der Waals surface area contributed by atoms with Gasteiger partial charge in [0.05, 0.1) is 0 Å². The molecule has 1 aliphatic heterocycles. The molecule has 1 saturated heterocycles. The van der Waals surface area contributed by atoms with Crippen molar-refractivity contribution in [2.75, 3.05) is 13.1 Å². The third-order valence-electron chi connectivity index (χ3n) is 4.15. The third kappa shape index (κ3) is 4.34. The standard InChI is InChI=1S/C17H26N2O/c1-3-14-4-6-15(7-5-14)13(2)12-17(20)19-16-8-10-18-11-9-16/h4-7,13,16,18H,3,8-12H2,1-2H3,(H,19,20). The van der Waals surface area contributed by atoms with Gasteiger partial charge in [-0.15, -0.1) is 0 Å². The summed E-state index contributed by atoms with van der Waals surface area (Å²) in [5, 5.41) is 6.48. The molecular weight excluding hydrogens is 248 g/mol. The zero-order valence-corrected chi connectivity index (χ0v) is 12.6. The molecule has 1 fully saturated rings. The van der Waals surface area contributed by atoms with Crippen LogP contribution in [0.1, 0.15) is 50.2 Å². The SMILES string of the molecule is CCc1ccc(C(C)CC(=O)NC2CCNCC2)cc1. The van der Waals surface area contributed by atoms with Crippen LogP contribution in [0, 0.1) is 0 Å². The van der Waals surface area contributed by atoms with E-state index in [0.29, 0.717) is 12.5 Å². The van der Waals surface area contributed by atoms with Crippen LogP contribution in [0.2, 0.25) is 0 Å². The minimum atomic E-state index is 0.184. The van der Waals surface area contributed by atoms with Crippen molar-refractivity contribution in [2.24, 2.45) is 0 Å². The van der Waals surface area contributed by atoms with Crippen LogP contribution in [-0.4, -0.2) is 25.0 Å². The fourth-order valence-electron chi connectivity index (χ4n) is 2.73. The molecule has 1 amide bonds. The Morgan fingerprint density at radius 1 is 1.30 bits per heavy atom. The average molecular weight is 274 g/mol. The van der Waals surface area contributed by atoms with E-state index >= 15 is 0 Å². The quantitative estimate of drug-likeness (QED) is 0.866. The Morgan fingerprint density at radius 3 is 2.55 bits per heavy atom. The minimum absolute atomic E-state index is 0.184. The lowest BCUT2D eigenvalue weighted by molar-refractivity contribution is -0.122. The highest BCUT2D eigenvalue weighted by Crippen LogP contribution is 2.20. The normalized spacial score (nSPS) is 17.7. The Kier molecular flexibility index (Phi) is 5.60. The van der Waals surface area contributed by atoms with Gasteiger partial charge in [0.1, 0.15) is 0 Å². The molecule has 1 unspecified atom stereocenters. The van der Waals surface area contributed by atoms with Gasteiger partial charge in [0.15, 0.2) is 0 Å². The molecule has 2 rings (SSSR count). The van der Waals surface area contributed by atoms with E-state index in [1.807, 2.05) is 0 Å². The molecule has 0 spiro atoms. The topological polar surface area (TPSA) is 41.1 Å². The molecule has 1 atom stereocenters. The van der Waals surface area contributed by atoms with E-state index in [9.17, 15) is 4.79 Å². The monoisotopic (exact) mass is 274 g/mol. The van der Waals surface area contributed by atoms with Crippen LogP contribution in [0.3, 0.4) is 0 Å². The molecule has 1 aliphatic rings. The van der Waals surface area contributed by atoms with Gasteiger partial charge in [-0.2, -0.15) is 0 Å². The van der Waals surface area contributed by atoms with E-state index in [2.05, 4.69) is 48.7 Å². The Labute approximate surface area is 122 Å². The molecule has 0 aliphatic carbocycles. The predicted molar refractivity (Wildman–Crippen MR) is 82.9 cm³/mol. The van der Waals surface area contributed by atoms with Gasteiger partial charge in [0.2, 0.25) is 5.91 Å². The van der Waals surface area contributed by atoms with Crippen LogP contribution in [0.4, 0.5) is 0 Å². The van der Waals surface area contributed by atoms with Gasteiger partial charge in [0.25, 0.3) is 0 Å². The van der Waals surface area contributed by atoms with Crippen LogP contribution in [0.15, 0.2) is 24.3 Å². The summed E-state index contributed by atoms with van der Waals surface area (Å²) in [4.78, 5) is 12.1. The van der Waals surface area contributed by atoms with Crippen LogP contribution >= 0.6 is 0 Å². The Morgan fingerprint density at radius 2 is 1.95 bits per heavy atom. The summed E-state index contributed by atoms with van der Waals surface area (Å²) in [6.45, 7) is 6.31. The summed E-state index contributed by atoms with van der Waals surface area (Å²) in [5.41, 5.74) is 2.60. The number of piperidine rings is 1. The summed E-state index contributed by atoms with van der Waals surface area (Å²) in [5.74, 6) is 0.464. The summed E-state index contributed by atoms with van der Waals surface area (Å²) < 4.78 is 0. The van der Waals surface area contributed by atoms with Crippen molar-refractivity contribution in [3.63, 3.8) is 0 Å². The van der Waals surface area contributed by atoms with Gasteiger partial charge >= 0.3 is 0 Å². The second-order valence-corrected chi connectivity index (χ2v) is 5.79. The number of hydrogen-bond donors (Lipinski definition) is 2. The molecule has 0 radical (unpaired) electrons. The number of benzene rings is 1. The Balaban J connectivity index is 1.82. The molecule has 0 bridgehead atoms. The molecule has 1 aromatic rings. The molecule has 0 aromatic heterocycles. The van der Waals surface area contributed by atoms with E-state index in [0.717, 1.165) is 32.4 Å². The highest BCUT2D eigenvalue weighted by atomic mass is 16.1. The number of hydrogen-bond acceptors (Lipinski definition) is 2. The lowest BCUT2D eigenvalue weighted by Gasteiger charge is -2.24. The number of carbonyl (C=O) groups excluding carboxylic acids is 1. The molecule has 2 N–H and O–H groups in total. The number of nitrogens with one attached hydrogen (secondary N) is 2. The van der Waals surface area contributed by atoms with Crippen molar-refractivity contribution in [2.45, 2.75) is 51.5 Å². The maximum absolute atomic E-state index is 12.1. The molecule has 20 heavy (non-hydrogen) atoms. The zero-order valence-electron chi connectivity index (χ0n) is 12.6. The van der Waals surface area contributed by atoms with Crippen molar-refractivity contribution < 1.29 is 4.79 Å². The first kappa shape index (κ1) is 15.0. The van der Waals surface area contributed by atoms with Gasteiger partial charge in [-0.1, -0.05) is 38.1 Å². The first-order valence-corrected chi connectivity index (χ1v) is 7.78. The lowest BCUT2D eigenvalue weighted by Crippen LogP contribution is -2.42. The van der Waals surface area contributed by atoms with E-state index < -0.39 is 0 Å². The van der Waals surface area contributed by atoms with Crippen LogP contribution in [0.25, 0.3) is 0 Å². The Bertz CT molecular complexity index is 421. The maximum Gasteiger partial charge on any atom is 0.220 e. The summed E-state index contributed by atoms with van der Waals surface area (Å²) >= 11 is 0. The van der Waals surface area contributed by atoms with Gasteiger partial charge in [-0.25, -0.2) is 0 Å². The number of carbonyl (C=O) groups is 1. The number of amides is 1.